The van der Waals surface area contributed by atoms with E-state index in [1.54, 1.807) is 12.1 Å². The fourth-order valence-electron chi connectivity index (χ4n) is 2.81. The Kier molecular flexibility index (Phi) is 4.16. The summed E-state index contributed by atoms with van der Waals surface area (Å²) in [5, 5.41) is 2.64. The van der Waals surface area contributed by atoms with E-state index in [-0.39, 0.29) is 24.2 Å². The molecule has 0 bridgehead atoms. The van der Waals surface area contributed by atoms with Crippen molar-refractivity contribution in [1.82, 2.24) is 0 Å². The maximum atomic E-state index is 13.8. The highest BCUT2D eigenvalue weighted by molar-refractivity contribution is 9.10. The van der Waals surface area contributed by atoms with Crippen molar-refractivity contribution in [2.24, 2.45) is 0 Å². The molecule has 2 aromatic carbocycles. The van der Waals surface area contributed by atoms with Crippen molar-refractivity contribution in [3.05, 3.63) is 58.3 Å². The van der Waals surface area contributed by atoms with Crippen LogP contribution in [0.5, 0.6) is 0 Å². The number of hydrogen-bond donors (Lipinski definition) is 1. The molecule has 3 nitrogen and oxygen atoms in total. The van der Waals surface area contributed by atoms with E-state index in [1.807, 2.05) is 18.2 Å². The number of benzene rings is 2. The van der Waals surface area contributed by atoms with Crippen molar-refractivity contribution in [3.63, 3.8) is 0 Å². The Hall–Kier alpha value is -1.88. The van der Waals surface area contributed by atoms with E-state index in [1.165, 1.54) is 11.6 Å². The summed E-state index contributed by atoms with van der Waals surface area (Å²) in [5.41, 5.74) is 2.53. The predicted molar refractivity (Wildman–Crippen MR) is 89.7 cm³/mol. The van der Waals surface area contributed by atoms with Crippen LogP contribution in [0, 0.1) is 5.82 Å². The number of halogens is 2. The molecule has 0 saturated heterocycles. The van der Waals surface area contributed by atoms with Gasteiger partial charge in [-0.2, -0.15) is 0 Å². The van der Waals surface area contributed by atoms with Gasteiger partial charge in [0.1, 0.15) is 5.82 Å². The molecule has 1 heterocycles. The highest BCUT2D eigenvalue weighted by Gasteiger charge is 2.27. The van der Waals surface area contributed by atoms with Crippen LogP contribution in [0.15, 0.2) is 46.9 Å². The van der Waals surface area contributed by atoms with Gasteiger partial charge in [-0.3, -0.25) is 4.79 Å². The van der Waals surface area contributed by atoms with Gasteiger partial charge in [0.15, 0.2) is 0 Å². The zero-order valence-corrected chi connectivity index (χ0v) is 13.7. The van der Waals surface area contributed by atoms with Gasteiger partial charge in [-0.15, -0.1) is 0 Å². The summed E-state index contributed by atoms with van der Waals surface area (Å²) in [7, 11) is 0. The van der Waals surface area contributed by atoms with Crippen LogP contribution in [0.1, 0.15) is 12.5 Å². The third-order valence-electron chi connectivity index (χ3n) is 3.87. The van der Waals surface area contributed by atoms with E-state index in [4.69, 9.17) is 0 Å². The number of hydrogen-bond acceptors (Lipinski definition) is 2. The Morgan fingerprint density at radius 1 is 1.36 bits per heavy atom. The number of amides is 1. The summed E-state index contributed by atoms with van der Waals surface area (Å²) in [6, 6.07) is 12.9. The molecule has 0 saturated carbocycles. The molecule has 114 valence electrons. The first-order chi connectivity index (χ1) is 10.5. The van der Waals surface area contributed by atoms with Crippen molar-refractivity contribution in [1.29, 1.82) is 0 Å². The standard InChI is InChI=1S/C17H16BrFN2O/c1-11-8-12-4-2-3-5-16(12)21(11)10-17(22)20-15-7-6-13(18)9-14(15)19/h2-7,9,11H,8,10H2,1H3,(H,20,22). The Morgan fingerprint density at radius 2 is 2.14 bits per heavy atom. The minimum atomic E-state index is -0.447. The second kappa shape index (κ2) is 6.08. The lowest BCUT2D eigenvalue weighted by Crippen LogP contribution is -2.37. The number of carbonyl (C=O) groups excluding carboxylic acids is 1. The molecule has 0 aliphatic carbocycles. The minimum Gasteiger partial charge on any atom is -0.359 e. The molecule has 1 atom stereocenters. The summed E-state index contributed by atoms with van der Waals surface area (Å²) in [5.74, 6) is -0.664. The van der Waals surface area contributed by atoms with Gasteiger partial charge >= 0.3 is 0 Å². The quantitative estimate of drug-likeness (QED) is 0.895. The molecule has 0 fully saturated rings. The van der Waals surface area contributed by atoms with Gasteiger partial charge in [0.05, 0.1) is 12.2 Å². The van der Waals surface area contributed by atoms with E-state index < -0.39 is 5.82 Å². The molecule has 0 radical (unpaired) electrons. The summed E-state index contributed by atoms with van der Waals surface area (Å²) in [6.45, 7) is 2.31. The topological polar surface area (TPSA) is 32.3 Å². The van der Waals surface area contributed by atoms with Gasteiger partial charge in [0.2, 0.25) is 5.91 Å². The van der Waals surface area contributed by atoms with E-state index in [2.05, 4.69) is 39.1 Å². The zero-order valence-electron chi connectivity index (χ0n) is 12.1. The van der Waals surface area contributed by atoms with Crippen LogP contribution in [0.2, 0.25) is 0 Å². The Morgan fingerprint density at radius 3 is 2.91 bits per heavy atom. The first-order valence-corrected chi connectivity index (χ1v) is 7.93. The van der Waals surface area contributed by atoms with E-state index in [9.17, 15) is 9.18 Å². The highest BCUT2D eigenvalue weighted by atomic mass is 79.9. The van der Waals surface area contributed by atoms with E-state index in [0.29, 0.717) is 4.47 Å². The molecule has 1 N–H and O–H groups in total. The molecule has 1 amide bonds. The molecule has 1 aliphatic rings. The SMILES string of the molecule is CC1Cc2ccccc2N1CC(=O)Nc1ccc(Br)cc1F. The number of anilines is 2. The van der Waals surface area contributed by atoms with Crippen molar-refractivity contribution < 1.29 is 9.18 Å². The van der Waals surface area contributed by atoms with Crippen LogP contribution in [0.4, 0.5) is 15.8 Å². The summed E-state index contributed by atoms with van der Waals surface area (Å²) >= 11 is 3.20. The van der Waals surface area contributed by atoms with Gasteiger partial charge in [-0.25, -0.2) is 4.39 Å². The summed E-state index contributed by atoms with van der Waals surface area (Å²) in [4.78, 5) is 14.3. The van der Waals surface area contributed by atoms with Crippen LogP contribution in [0.25, 0.3) is 0 Å². The molecule has 1 unspecified atom stereocenters. The number of rotatable bonds is 3. The average Bonchev–Trinajstić information content (AvgIpc) is 2.78. The van der Waals surface area contributed by atoms with Gasteiger partial charge < -0.3 is 10.2 Å². The minimum absolute atomic E-state index is 0.202. The van der Waals surface area contributed by atoms with Crippen LogP contribution < -0.4 is 10.2 Å². The van der Waals surface area contributed by atoms with Gasteiger partial charge in [0, 0.05) is 16.2 Å². The molecule has 2 aromatic rings. The lowest BCUT2D eigenvalue weighted by Gasteiger charge is -2.24. The maximum absolute atomic E-state index is 13.8. The first kappa shape index (κ1) is 15.0. The molecule has 5 heteroatoms. The molecule has 1 aliphatic heterocycles. The second-order valence-corrected chi connectivity index (χ2v) is 6.40. The normalized spacial score (nSPS) is 16.5. The van der Waals surface area contributed by atoms with E-state index in [0.717, 1.165) is 12.1 Å². The lowest BCUT2D eigenvalue weighted by atomic mass is 10.1. The highest BCUT2D eigenvalue weighted by Crippen LogP contribution is 2.31. The molecule has 0 spiro atoms. The number of nitrogens with one attached hydrogen (secondary N) is 1. The Bertz CT molecular complexity index is 720. The summed E-state index contributed by atoms with van der Waals surface area (Å²) < 4.78 is 14.4. The predicted octanol–water partition coefficient (Wildman–Crippen LogP) is 3.98. The number of nitrogens with zero attached hydrogens (tertiary/aromatic N) is 1. The molecule has 22 heavy (non-hydrogen) atoms. The molecule has 0 aromatic heterocycles. The number of para-hydroxylation sites is 1. The molecular weight excluding hydrogens is 347 g/mol. The third-order valence-corrected chi connectivity index (χ3v) is 4.36. The first-order valence-electron chi connectivity index (χ1n) is 7.14. The largest absolute Gasteiger partial charge is 0.359 e. The van der Waals surface area contributed by atoms with Gasteiger partial charge in [-0.05, 0) is 43.2 Å². The maximum Gasteiger partial charge on any atom is 0.243 e. The van der Waals surface area contributed by atoms with Crippen molar-refractivity contribution in [2.75, 3.05) is 16.8 Å². The fraction of sp³-hybridized carbons (Fsp3) is 0.235. The van der Waals surface area contributed by atoms with Crippen molar-refractivity contribution >= 4 is 33.2 Å². The third kappa shape index (κ3) is 2.99. The number of fused-ring (bicyclic) bond motifs is 1. The fourth-order valence-corrected chi connectivity index (χ4v) is 3.14. The van der Waals surface area contributed by atoms with Gasteiger partial charge in [0.25, 0.3) is 0 Å². The van der Waals surface area contributed by atoms with E-state index >= 15 is 0 Å². The average molecular weight is 363 g/mol. The Balaban J connectivity index is 1.72. The van der Waals surface area contributed by atoms with Crippen LogP contribution in [-0.2, 0) is 11.2 Å². The van der Waals surface area contributed by atoms with Crippen molar-refractivity contribution in [3.8, 4) is 0 Å². The Labute approximate surface area is 137 Å². The molecule has 3 rings (SSSR count). The summed E-state index contributed by atoms with van der Waals surface area (Å²) in [6.07, 6.45) is 0.927. The van der Waals surface area contributed by atoms with Crippen LogP contribution in [0.3, 0.4) is 0 Å². The second-order valence-electron chi connectivity index (χ2n) is 5.48. The van der Waals surface area contributed by atoms with Crippen LogP contribution >= 0.6 is 15.9 Å². The van der Waals surface area contributed by atoms with Crippen molar-refractivity contribution in [2.45, 2.75) is 19.4 Å². The van der Waals surface area contributed by atoms with Crippen LogP contribution in [-0.4, -0.2) is 18.5 Å². The van der Waals surface area contributed by atoms with Gasteiger partial charge in [-0.1, -0.05) is 34.1 Å². The number of carbonyl (C=O) groups is 1. The smallest absolute Gasteiger partial charge is 0.243 e. The zero-order chi connectivity index (χ0) is 15.7. The molecular formula is C17H16BrFN2O. The lowest BCUT2D eigenvalue weighted by molar-refractivity contribution is -0.115. The monoisotopic (exact) mass is 362 g/mol.